The van der Waals surface area contributed by atoms with Crippen LogP contribution in [0.25, 0.3) is 44.4 Å². The van der Waals surface area contributed by atoms with Crippen molar-refractivity contribution in [2.75, 3.05) is 0 Å². The molecule has 0 radical (unpaired) electrons. The van der Waals surface area contributed by atoms with Gasteiger partial charge in [-0.1, -0.05) is 35.0 Å². The second-order valence-electron chi connectivity index (χ2n) is 6.07. The number of hydrogen-bond acceptors (Lipinski definition) is 3. The number of nitrogens with zero attached hydrogens (tertiary/aromatic N) is 1. The fourth-order valence-electron chi connectivity index (χ4n) is 3.29. The lowest BCUT2D eigenvalue weighted by atomic mass is 10.0. The summed E-state index contributed by atoms with van der Waals surface area (Å²) in [6.45, 7) is 0. The first-order valence-corrected chi connectivity index (χ1v) is 8.42. The second-order valence-corrected chi connectivity index (χ2v) is 6.51. The minimum absolute atomic E-state index is 0.168. The van der Waals surface area contributed by atoms with Gasteiger partial charge in [-0.3, -0.25) is 4.79 Å². The summed E-state index contributed by atoms with van der Waals surface area (Å²) in [5.41, 5.74) is 4.97. The number of aromatic nitrogens is 3. The molecule has 0 aliphatic heterocycles. The third-order valence-electron chi connectivity index (χ3n) is 4.45. The van der Waals surface area contributed by atoms with Gasteiger partial charge in [0.1, 0.15) is 0 Å². The molecule has 3 heterocycles. The number of H-pyrrole nitrogens is 2. The van der Waals surface area contributed by atoms with Crippen LogP contribution in [-0.4, -0.2) is 15.1 Å². The van der Waals surface area contributed by atoms with Crippen molar-refractivity contribution in [2.45, 2.75) is 0 Å². The van der Waals surface area contributed by atoms with Crippen LogP contribution in [-0.2, 0) is 0 Å². The lowest BCUT2D eigenvalue weighted by Gasteiger charge is -2.05. The Morgan fingerprint density at radius 2 is 1.81 bits per heavy atom. The lowest BCUT2D eigenvalue weighted by molar-refractivity contribution is 0.432. The molecule has 0 aliphatic rings. The highest BCUT2D eigenvalue weighted by atomic mass is 35.5. The fourth-order valence-corrected chi connectivity index (χ4v) is 3.46. The van der Waals surface area contributed by atoms with E-state index in [9.17, 15) is 4.79 Å². The van der Waals surface area contributed by atoms with E-state index in [0.717, 1.165) is 38.6 Å². The summed E-state index contributed by atoms with van der Waals surface area (Å²) < 4.78 is 5.24. The molecule has 5 rings (SSSR count). The number of aromatic amines is 2. The van der Waals surface area contributed by atoms with Crippen LogP contribution in [0.15, 0.2) is 70.1 Å². The average molecular weight is 362 g/mol. The van der Waals surface area contributed by atoms with E-state index in [1.807, 2.05) is 42.5 Å². The number of fused-ring (bicyclic) bond motifs is 3. The molecule has 26 heavy (non-hydrogen) atoms. The molecule has 5 nitrogen and oxygen atoms in total. The summed E-state index contributed by atoms with van der Waals surface area (Å²) in [4.78, 5) is 18.6. The Hall–Kier alpha value is -3.31. The average Bonchev–Trinajstić information content (AvgIpc) is 3.29. The van der Waals surface area contributed by atoms with Crippen molar-refractivity contribution in [3.05, 3.63) is 76.2 Å². The zero-order valence-corrected chi connectivity index (χ0v) is 14.2. The summed E-state index contributed by atoms with van der Waals surface area (Å²) in [6, 6.07) is 16.8. The molecule has 0 fully saturated rings. The van der Waals surface area contributed by atoms with E-state index in [2.05, 4.69) is 15.1 Å². The Morgan fingerprint density at radius 3 is 2.65 bits per heavy atom. The topological polar surface area (TPSA) is 74.7 Å². The van der Waals surface area contributed by atoms with Gasteiger partial charge in [0.2, 0.25) is 5.56 Å². The van der Waals surface area contributed by atoms with E-state index in [1.54, 1.807) is 18.3 Å². The molecular weight excluding hydrogens is 350 g/mol. The molecule has 0 bridgehead atoms. The molecule has 0 amide bonds. The zero-order chi connectivity index (χ0) is 17.7. The highest BCUT2D eigenvalue weighted by Gasteiger charge is 2.13. The Morgan fingerprint density at radius 1 is 0.923 bits per heavy atom. The van der Waals surface area contributed by atoms with E-state index >= 15 is 0 Å². The molecule has 2 N–H and O–H groups in total. The molecule has 5 aromatic rings. The summed E-state index contributed by atoms with van der Waals surface area (Å²) in [5, 5.41) is 5.26. The SMILES string of the molecule is O=c1cc(-c2cccc(-c3ccno3)c2)c2[nH]c3ccc(Cl)cc3c2[nH]1. The smallest absolute Gasteiger partial charge is 0.249 e. The Labute approximate surface area is 152 Å². The van der Waals surface area contributed by atoms with Crippen molar-refractivity contribution < 1.29 is 4.52 Å². The number of halogens is 1. The largest absolute Gasteiger partial charge is 0.356 e. The van der Waals surface area contributed by atoms with E-state index in [1.165, 1.54) is 0 Å². The van der Waals surface area contributed by atoms with Gasteiger partial charge in [-0.05, 0) is 29.8 Å². The normalized spacial score (nSPS) is 11.4. The van der Waals surface area contributed by atoms with E-state index in [4.69, 9.17) is 16.1 Å². The number of nitrogens with one attached hydrogen (secondary N) is 2. The van der Waals surface area contributed by atoms with E-state index < -0.39 is 0 Å². The molecule has 0 saturated carbocycles. The molecule has 0 spiro atoms. The van der Waals surface area contributed by atoms with Crippen molar-refractivity contribution in [3.8, 4) is 22.5 Å². The summed E-state index contributed by atoms with van der Waals surface area (Å²) in [5.74, 6) is 0.677. The second kappa shape index (κ2) is 5.61. The molecule has 0 atom stereocenters. The Bertz CT molecular complexity index is 1320. The van der Waals surface area contributed by atoms with Crippen LogP contribution in [0.1, 0.15) is 0 Å². The van der Waals surface area contributed by atoms with Crippen molar-refractivity contribution in [2.24, 2.45) is 0 Å². The van der Waals surface area contributed by atoms with Crippen molar-refractivity contribution in [1.82, 2.24) is 15.1 Å². The van der Waals surface area contributed by atoms with Gasteiger partial charge < -0.3 is 14.5 Å². The monoisotopic (exact) mass is 361 g/mol. The molecule has 0 unspecified atom stereocenters. The van der Waals surface area contributed by atoms with Crippen LogP contribution >= 0.6 is 11.6 Å². The maximum atomic E-state index is 12.3. The van der Waals surface area contributed by atoms with Crippen molar-refractivity contribution in [3.63, 3.8) is 0 Å². The number of benzene rings is 2. The van der Waals surface area contributed by atoms with Gasteiger partial charge in [0.05, 0.1) is 17.2 Å². The fraction of sp³-hybridized carbons (Fsp3) is 0. The molecule has 0 aliphatic carbocycles. The highest BCUT2D eigenvalue weighted by Crippen LogP contribution is 2.33. The van der Waals surface area contributed by atoms with Gasteiger partial charge in [0.15, 0.2) is 5.76 Å². The Kier molecular flexibility index (Phi) is 3.23. The summed E-state index contributed by atoms with van der Waals surface area (Å²) >= 11 is 6.13. The third-order valence-corrected chi connectivity index (χ3v) is 4.68. The summed E-state index contributed by atoms with van der Waals surface area (Å²) in [7, 11) is 0. The highest BCUT2D eigenvalue weighted by molar-refractivity contribution is 6.31. The van der Waals surface area contributed by atoms with Crippen LogP contribution in [0.5, 0.6) is 0 Å². The maximum absolute atomic E-state index is 12.3. The molecule has 6 heteroatoms. The first kappa shape index (κ1) is 15.0. The van der Waals surface area contributed by atoms with Gasteiger partial charge in [-0.2, -0.15) is 0 Å². The minimum atomic E-state index is -0.168. The molecule has 2 aromatic carbocycles. The molecule has 0 saturated heterocycles. The van der Waals surface area contributed by atoms with Crippen LogP contribution in [0.4, 0.5) is 0 Å². The third kappa shape index (κ3) is 2.33. The van der Waals surface area contributed by atoms with Crippen LogP contribution in [0.2, 0.25) is 5.02 Å². The number of pyridine rings is 1. The standard InChI is InChI=1S/C20H12ClN3O2/c21-13-4-5-16-15(9-13)20-19(23-16)14(10-18(25)24-20)11-2-1-3-12(8-11)17-6-7-22-26-17/h1-10,23H,(H,24,25). The molecular formula is C20H12ClN3O2. The minimum Gasteiger partial charge on any atom is -0.356 e. The molecule has 126 valence electrons. The number of hydrogen-bond donors (Lipinski definition) is 2. The zero-order valence-electron chi connectivity index (χ0n) is 13.4. The van der Waals surface area contributed by atoms with Gasteiger partial charge in [-0.25, -0.2) is 0 Å². The predicted octanol–water partition coefficient (Wildman–Crippen LogP) is 4.98. The van der Waals surface area contributed by atoms with Gasteiger partial charge in [0, 0.05) is 39.2 Å². The van der Waals surface area contributed by atoms with Crippen LogP contribution < -0.4 is 5.56 Å². The first-order chi connectivity index (χ1) is 12.7. The summed E-state index contributed by atoms with van der Waals surface area (Å²) in [6.07, 6.45) is 1.61. The van der Waals surface area contributed by atoms with Gasteiger partial charge >= 0.3 is 0 Å². The predicted molar refractivity (Wildman–Crippen MR) is 102 cm³/mol. The van der Waals surface area contributed by atoms with Crippen LogP contribution in [0, 0.1) is 0 Å². The molecule has 3 aromatic heterocycles. The van der Waals surface area contributed by atoms with Crippen LogP contribution in [0.3, 0.4) is 0 Å². The van der Waals surface area contributed by atoms with Gasteiger partial charge in [-0.15, -0.1) is 0 Å². The maximum Gasteiger partial charge on any atom is 0.249 e. The number of rotatable bonds is 2. The Balaban J connectivity index is 1.81. The van der Waals surface area contributed by atoms with Crippen molar-refractivity contribution >= 4 is 33.5 Å². The quantitative estimate of drug-likeness (QED) is 0.465. The lowest BCUT2D eigenvalue weighted by Crippen LogP contribution is -2.04. The van der Waals surface area contributed by atoms with Gasteiger partial charge in [0.25, 0.3) is 0 Å². The van der Waals surface area contributed by atoms with Crippen molar-refractivity contribution in [1.29, 1.82) is 0 Å². The van der Waals surface area contributed by atoms with E-state index in [-0.39, 0.29) is 5.56 Å². The van der Waals surface area contributed by atoms with E-state index in [0.29, 0.717) is 10.8 Å². The first-order valence-electron chi connectivity index (χ1n) is 8.05.